The molecule has 0 bridgehead atoms. The molecule has 0 saturated heterocycles. The Bertz CT molecular complexity index is 1750. The molecule has 3 aromatic heterocycles. The molecule has 9 nitrogen and oxygen atoms in total. The first-order valence-corrected chi connectivity index (χ1v) is 12.3. The lowest BCUT2D eigenvalue weighted by atomic mass is 10.0. The first kappa shape index (κ1) is 30.4. The molecule has 0 radical (unpaired) electrons. The van der Waals surface area contributed by atoms with Crippen molar-refractivity contribution in [2.24, 2.45) is 0 Å². The fraction of sp³-hybridized carbons (Fsp3) is 0.320. The van der Waals surface area contributed by atoms with E-state index in [1.165, 1.54) is 12.3 Å². The van der Waals surface area contributed by atoms with Gasteiger partial charge in [0.05, 0.1) is 29.2 Å². The number of nitrogens with zero attached hydrogens (tertiary/aromatic N) is 4. The summed E-state index contributed by atoms with van der Waals surface area (Å²) in [7, 11) is 0. The van der Waals surface area contributed by atoms with Crippen molar-refractivity contribution < 1.29 is 35.1 Å². The van der Waals surface area contributed by atoms with Gasteiger partial charge in [0.25, 0.3) is 11.1 Å². The topological polar surface area (TPSA) is 132 Å². The molecule has 17 heteroatoms. The van der Waals surface area contributed by atoms with Gasteiger partial charge in [0, 0.05) is 24.3 Å². The van der Waals surface area contributed by atoms with Gasteiger partial charge in [0.1, 0.15) is 5.56 Å². The van der Waals surface area contributed by atoms with E-state index < -0.39 is 80.6 Å². The normalized spacial score (nSPS) is 13.0. The minimum atomic E-state index is -4.93. The van der Waals surface area contributed by atoms with Gasteiger partial charge < -0.3 is 15.6 Å². The maximum Gasteiger partial charge on any atom is 0.437 e. The SMILES string of the molecule is CCC(CCCn1ccc2cc(-c3cnc(C(F)(F)F)c(N)n3)c(F)c(F)c2c1=O)Nc1cn[nH]c(=O)c1C(F)(F)F. The molecule has 0 aliphatic rings. The highest BCUT2D eigenvalue weighted by atomic mass is 19.4. The molecular weight excluding hydrogens is 582 g/mol. The number of nitrogens with two attached hydrogens (primary N) is 1. The Morgan fingerprint density at radius 3 is 2.40 bits per heavy atom. The van der Waals surface area contributed by atoms with Gasteiger partial charge in [-0.15, -0.1) is 0 Å². The van der Waals surface area contributed by atoms with Crippen LogP contribution in [0.1, 0.15) is 37.4 Å². The van der Waals surface area contributed by atoms with Crippen LogP contribution < -0.4 is 22.2 Å². The van der Waals surface area contributed by atoms with Crippen molar-refractivity contribution in [2.45, 2.75) is 51.1 Å². The van der Waals surface area contributed by atoms with E-state index in [0.29, 0.717) is 12.6 Å². The number of pyridine rings is 1. The standard InChI is InChI=1S/C25H21F8N7O2/c1-2-12(37-15-10-36-39-22(41)17(15)24(28,29)30)4-3-6-40-7-5-11-8-13(18(26)19(27)16(11)23(40)42)14-9-35-20(21(34)38-14)25(31,32)33/h5,7-10,12H,2-4,6H2,1H3,(H2,34,38)(H2,37,39,41). The molecule has 0 saturated carbocycles. The van der Waals surface area contributed by atoms with E-state index in [4.69, 9.17) is 5.73 Å². The molecule has 0 aliphatic heterocycles. The van der Waals surface area contributed by atoms with Crippen LogP contribution >= 0.6 is 0 Å². The highest BCUT2D eigenvalue weighted by Gasteiger charge is 2.38. The van der Waals surface area contributed by atoms with Crippen LogP contribution in [-0.2, 0) is 18.9 Å². The highest BCUT2D eigenvalue weighted by Crippen LogP contribution is 2.34. The molecule has 0 aliphatic carbocycles. The van der Waals surface area contributed by atoms with Gasteiger partial charge in [0.2, 0.25) is 0 Å². The van der Waals surface area contributed by atoms with Gasteiger partial charge in [-0.2, -0.15) is 31.4 Å². The van der Waals surface area contributed by atoms with E-state index in [1.807, 2.05) is 0 Å². The van der Waals surface area contributed by atoms with Crippen molar-refractivity contribution >= 4 is 22.3 Å². The number of hydrogen-bond donors (Lipinski definition) is 3. The van der Waals surface area contributed by atoms with Gasteiger partial charge in [-0.05, 0) is 36.8 Å². The van der Waals surface area contributed by atoms with E-state index in [1.54, 1.807) is 12.0 Å². The second-order valence-electron chi connectivity index (χ2n) is 9.19. The van der Waals surface area contributed by atoms with Gasteiger partial charge >= 0.3 is 12.4 Å². The zero-order chi connectivity index (χ0) is 31.0. The quantitative estimate of drug-likeness (QED) is 0.239. The second kappa shape index (κ2) is 11.4. The fourth-order valence-corrected chi connectivity index (χ4v) is 4.39. The zero-order valence-corrected chi connectivity index (χ0v) is 21.5. The lowest BCUT2D eigenvalue weighted by Crippen LogP contribution is -2.28. The third-order valence-corrected chi connectivity index (χ3v) is 6.43. The second-order valence-corrected chi connectivity index (χ2v) is 9.19. The molecule has 4 rings (SSSR count). The number of halogens is 8. The number of aromatic amines is 1. The molecule has 1 aromatic carbocycles. The monoisotopic (exact) mass is 603 g/mol. The molecule has 0 fully saturated rings. The van der Waals surface area contributed by atoms with Crippen LogP contribution in [0.25, 0.3) is 22.0 Å². The van der Waals surface area contributed by atoms with Crippen molar-refractivity contribution in [3.05, 3.63) is 74.3 Å². The van der Waals surface area contributed by atoms with Gasteiger partial charge in [-0.3, -0.25) is 9.59 Å². The van der Waals surface area contributed by atoms with E-state index in [-0.39, 0.29) is 24.8 Å². The van der Waals surface area contributed by atoms with Crippen LogP contribution in [0.15, 0.2) is 40.3 Å². The predicted octanol–water partition coefficient (Wildman–Crippen LogP) is 5.11. The summed E-state index contributed by atoms with van der Waals surface area (Å²) < 4.78 is 110. The van der Waals surface area contributed by atoms with Crippen LogP contribution in [0.5, 0.6) is 0 Å². The van der Waals surface area contributed by atoms with Crippen LogP contribution in [-0.4, -0.2) is 30.8 Å². The number of benzene rings is 1. The minimum absolute atomic E-state index is 0.0174. The lowest BCUT2D eigenvalue weighted by molar-refractivity contribution is -0.140. The molecule has 0 amide bonds. The zero-order valence-electron chi connectivity index (χ0n) is 21.5. The summed E-state index contributed by atoms with van der Waals surface area (Å²) in [5.41, 5.74) is -1.48. The number of fused-ring (bicyclic) bond motifs is 1. The number of aromatic nitrogens is 5. The maximum atomic E-state index is 15.1. The first-order valence-electron chi connectivity index (χ1n) is 12.3. The Morgan fingerprint density at radius 1 is 1.07 bits per heavy atom. The summed E-state index contributed by atoms with van der Waals surface area (Å²) in [5.74, 6) is -4.15. The molecule has 224 valence electrons. The number of nitrogens with one attached hydrogen (secondary N) is 2. The van der Waals surface area contributed by atoms with Crippen LogP contribution in [0.4, 0.5) is 46.6 Å². The Hall–Kier alpha value is -4.57. The third-order valence-electron chi connectivity index (χ3n) is 6.43. The molecule has 1 unspecified atom stereocenters. The summed E-state index contributed by atoms with van der Waals surface area (Å²) >= 11 is 0. The summed E-state index contributed by atoms with van der Waals surface area (Å²) in [5, 5.41) is 7.10. The van der Waals surface area contributed by atoms with Crippen LogP contribution in [0, 0.1) is 11.6 Å². The molecular formula is C25H21F8N7O2. The van der Waals surface area contributed by atoms with Crippen molar-refractivity contribution in [2.75, 3.05) is 11.1 Å². The number of aryl methyl sites for hydroxylation is 1. The number of anilines is 2. The molecule has 4 N–H and O–H groups in total. The van der Waals surface area contributed by atoms with Crippen molar-refractivity contribution in [1.29, 1.82) is 0 Å². The average Bonchev–Trinajstić information content (AvgIpc) is 2.89. The number of nitrogen functional groups attached to an aromatic ring is 1. The fourth-order valence-electron chi connectivity index (χ4n) is 4.39. The van der Waals surface area contributed by atoms with E-state index in [9.17, 15) is 40.3 Å². The van der Waals surface area contributed by atoms with Gasteiger partial charge in [-0.1, -0.05) is 6.92 Å². The molecule has 0 spiro atoms. The molecule has 4 aromatic rings. The molecule has 3 heterocycles. The largest absolute Gasteiger partial charge is 0.437 e. The van der Waals surface area contributed by atoms with Crippen molar-refractivity contribution in [3.8, 4) is 11.3 Å². The summed E-state index contributed by atoms with van der Waals surface area (Å²) in [4.78, 5) is 31.3. The molecule has 42 heavy (non-hydrogen) atoms. The maximum absolute atomic E-state index is 15.1. The Labute approximate surface area is 230 Å². The molecule has 1 atom stereocenters. The Balaban J connectivity index is 1.56. The van der Waals surface area contributed by atoms with Crippen LogP contribution in [0.3, 0.4) is 0 Å². The smallest absolute Gasteiger partial charge is 0.382 e. The highest BCUT2D eigenvalue weighted by molar-refractivity contribution is 5.87. The average molecular weight is 603 g/mol. The number of alkyl halides is 6. The number of H-pyrrole nitrogens is 1. The third kappa shape index (κ3) is 6.03. The van der Waals surface area contributed by atoms with Gasteiger partial charge in [-0.25, -0.2) is 23.8 Å². The van der Waals surface area contributed by atoms with E-state index >= 15 is 4.39 Å². The number of hydrogen-bond acceptors (Lipinski definition) is 7. The summed E-state index contributed by atoms with van der Waals surface area (Å²) in [6.45, 7) is 1.68. The van der Waals surface area contributed by atoms with E-state index in [0.717, 1.165) is 16.8 Å². The van der Waals surface area contributed by atoms with E-state index in [2.05, 4.69) is 20.4 Å². The van der Waals surface area contributed by atoms with Crippen LogP contribution in [0.2, 0.25) is 0 Å². The minimum Gasteiger partial charge on any atom is -0.382 e. The predicted molar refractivity (Wildman–Crippen MR) is 135 cm³/mol. The Kier molecular flexibility index (Phi) is 8.22. The Morgan fingerprint density at radius 2 is 1.79 bits per heavy atom. The summed E-state index contributed by atoms with van der Waals surface area (Å²) in [6.07, 6.45) is -6.33. The summed E-state index contributed by atoms with van der Waals surface area (Å²) in [6, 6.07) is 1.76. The lowest BCUT2D eigenvalue weighted by Gasteiger charge is -2.20. The number of rotatable bonds is 8. The van der Waals surface area contributed by atoms with Crippen molar-refractivity contribution in [3.63, 3.8) is 0 Å². The van der Waals surface area contributed by atoms with Gasteiger partial charge in [0.15, 0.2) is 23.1 Å². The van der Waals surface area contributed by atoms with Crippen molar-refractivity contribution in [1.82, 2.24) is 24.7 Å². The first-order chi connectivity index (χ1) is 19.6.